The highest BCUT2D eigenvalue weighted by molar-refractivity contribution is 14.1. The standard InChI is InChI=1S/C14H19IN2O5/c1-3-20-13(18)10-11(14(19)21-4-2)17(16-12(10)15)9-7-5-6-8-22-9/h9H,3-8H2,1-2H3. The number of aromatic nitrogens is 2. The Morgan fingerprint density at radius 1 is 1.27 bits per heavy atom. The van der Waals surface area contributed by atoms with E-state index in [1.165, 1.54) is 4.68 Å². The SMILES string of the molecule is CCOC(=O)c1c(I)nn(C2CCCCO2)c1C(=O)OCC. The molecule has 0 saturated carbocycles. The molecule has 1 unspecified atom stereocenters. The van der Waals surface area contributed by atoms with Crippen molar-refractivity contribution in [3.05, 3.63) is 15.0 Å². The number of halogens is 1. The van der Waals surface area contributed by atoms with E-state index < -0.39 is 11.9 Å². The maximum atomic E-state index is 12.3. The van der Waals surface area contributed by atoms with E-state index >= 15 is 0 Å². The summed E-state index contributed by atoms with van der Waals surface area (Å²) in [5.41, 5.74) is 0.256. The molecule has 1 atom stereocenters. The van der Waals surface area contributed by atoms with Crippen LogP contribution in [0.4, 0.5) is 0 Å². The fourth-order valence-corrected chi connectivity index (χ4v) is 3.02. The molecule has 22 heavy (non-hydrogen) atoms. The lowest BCUT2D eigenvalue weighted by Crippen LogP contribution is -2.25. The van der Waals surface area contributed by atoms with E-state index in [-0.39, 0.29) is 30.7 Å². The molecule has 1 aliphatic heterocycles. The van der Waals surface area contributed by atoms with Gasteiger partial charge in [0.1, 0.15) is 9.26 Å². The number of hydrogen-bond acceptors (Lipinski definition) is 6. The number of carbonyl (C=O) groups is 2. The van der Waals surface area contributed by atoms with E-state index in [0.29, 0.717) is 10.3 Å². The van der Waals surface area contributed by atoms with Gasteiger partial charge in [0.25, 0.3) is 0 Å². The maximum absolute atomic E-state index is 12.3. The molecule has 1 aliphatic rings. The number of ether oxygens (including phenoxy) is 3. The van der Waals surface area contributed by atoms with Gasteiger partial charge in [-0.1, -0.05) is 0 Å². The third-order valence-corrected chi connectivity index (χ3v) is 4.00. The van der Waals surface area contributed by atoms with Gasteiger partial charge in [-0.3, -0.25) is 0 Å². The first-order chi connectivity index (χ1) is 10.6. The van der Waals surface area contributed by atoms with Crippen LogP contribution in [-0.2, 0) is 14.2 Å². The fourth-order valence-electron chi connectivity index (χ4n) is 2.31. The highest BCUT2D eigenvalue weighted by Crippen LogP contribution is 2.28. The second-order valence-corrected chi connectivity index (χ2v) is 5.74. The zero-order chi connectivity index (χ0) is 16.1. The number of esters is 2. The van der Waals surface area contributed by atoms with Crippen LogP contribution < -0.4 is 0 Å². The Kier molecular flexibility index (Phi) is 6.18. The summed E-state index contributed by atoms with van der Waals surface area (Å²) in [5, 5.41) is 4.32. The van der Waals surface area contributed by atoms with Crippen molar-refractivity contribution in [3.63, 3.8) is 0 Å². The van der Waals surface area contributed by atoms with Gasteiger partial charge in [0, 0.05) is 6.61 Å². The summed E-state index contributed by atoms with van der Waals surface area (Å²) >= 11 is 1.92. The van der Waals surface area contributed by atoms with E-state index in [2.05, 4.69) is 5.10 Å². The lowest BCUT2D eigenvalue weighted by molar-refractivity contribution is -0.0419. The van der Waals surface area contributed by atoms with E-state index in [9.17, 15) is 9.59 Å². The van der Waals surface area contributed by atoms with Crippen molar-refractivity contribution in [2.45, 2.75) is 39.3 Å². The molecule has 7 nitrogen and oxygen atoms in total. The van der Waals surface area contributed by atoms with Gasteiger partial charge in [0.2, 0.25) is 0 Å². The minimum atomic E-state index is -0.588. The molecule has 1 saturated heterocycles. The molecule has 122 valence electrons. The fraction of sp³-hybridized carbons (Fsp3) is 0.643. The topological polar surface area (TPSA) is 79.6 Å². The molecule has 0 radical (unpaired) electrons. The number of rotatable bonds is 5. The zero-order valence-electron chi connectivity index (χ0n) is 12.6. The summed E-state index contributed by atoms with van der Waals surface area (Å²) in [6.07, 6.45) is 2.35. The van der Waals surface area contributed by atoms with Crippen LogP contribution in [0.1, 0.15) is 60.2 Å². The molecule has 1 fully saturated rings. The predicted octanol–water partition coefficient (Wildman–Crippen LogP) is 2.54. The van der Waals surface area contributed by atoms with Crippen molar-refractivity contribution in [2.75, 3.05) is 19.8 Å². The molecule has 8 heteroatoms. The molecule has 0 aromatic carbocycles. The summed E-state index contributed by atoms with van der Waals surface area (Å²) in [6.45, 7) is 4.48. The van der Waals surface area contributed by atoms with Crippen LogP contribution in [-0.4, -0.2) is 41.5 Å². The van der Waals surface area contributed by atoms with E-state index in [0.717, 1.165) is 19.3 Å². The van der Waals surface area contributed by atoms with Gasteiger partial charge in [-0.15, -0.1) is 0 Å². The first-order valence-electron chi connectivity index (χ1n) is 7.34. The summed E-state index contributed by atoms with van der Waals surface area (Å²) in [5.74, 6) is -1.16. The second-order valence-electron chi connectivity index (χ2n) is 4.72. The summed E-state index contributed by atoms with van der Waals surface area (Å²) in [4.78, 5) is 24.5. The molecule has 2 rings (SSSR count). The lowest BCUT2D eigenvalue weighted by atomic mass is 10.2. The van der Waals surface area contributed by atoms with Crippen LogP contribution in [0.25, 0.3) is 0 Å². The van der Waals surface area contributed by atoms with Crippen molar-refractivity contribution in [1.29, 1.82) is 0 Å². The number of nitrogens with zero attached hydrogens (tertiary/aromatic N) is 2. The summed E-state index contributed by atoms with van der Waals surface area (Å²) < 4.78 is 17.7. The maximum Gasteiger partial charge on any atom is 0.357 e. The quantitative estimate of drug-likeness (QED) is 0.536. The summed E-state index contributed by atoms with van der Waals surface area (Å²) in [7, 11) is 0. The lowest BCUT2D eigenvalue weighted by Gasteiger charge is -2.24. The molecule has 0 bridgehead atoms. The van der Waals surface area contributed by atoms with Gasteiger partial charge in [0.15, 0.2) is 11.9 Å². The first-order valence-corrected chi connectivity index (χ1v) is 8.41. The molecule has 0 amide bonds. The molecule has 0 spiro atoms. The average Bonchev–Trinajstić information content (AvgIpc) is 2.86. The predicted molar refractivity (Wildman–Crippen MR) is 85.7 cm³/mol. The van der Waals surface area contributed by atoms with Crippen molar-refractivity contribution in [1.82, 2.24) is 9.78 Å². The van der Waals surface area contributed by atoms with Gasteiger partial charge in [-0.05, 0) is 55.7 Å². The number of carbonyl (C=O) groups excluding carboxylic acids is 2. The Morgan fingerprint density at radius 2 is 1.95 bits per heavy atom. The van der Waals surface area contributed by atoms with Gasteiger partial charge in [-0.25, -0.2) is 14.3 Å². The van der Waals surface area contributed by atoms with Crippen molar-refractivity contribution >= 4 is 34.5 Å². The van der Waals surface area contributed by atoms with Crippen molar-refractivity contribution < 1.29 is 23.8 Å². The minimum absolute atomic E-state index is 0.108. The average molecular weight is 422 g/mol. The van der Waals surface area contributed by atoms with Crippen LogP contribution in [0.2, 0.25) is 0 Å². The third-order valence-electron chi connectivity index (χ3n) is 3.24. The van der Waals surface area contributed by atoms with Crippen molar-refractivity contribution in [2.24, 2.45) is 0 Å². The molecular formula is C14H19IN2O5. The first kappa shape index (κ1) is 17.2. The molecule has 2 heterocycles. The van der Waals surface area contributed by atoms with E-state index in [4.69, 9.17) is 14.2 Å². The number of hydrogen-bond donors (Lipinski definition) is 0. The Hall–Kier alpha value is -1.16. The van der Waals surface area contributed by atoms with E-state index in [1.54, 1.807) is 13.8 Å². The van der Waals surface area contributed by atoms with Crippen LogP contribution in [0.3, 0.4) is 0 Å². The zero-order valence-corrected chi connectivity index (χ0v) is 14.8. The van der Waals surface area contributed by atoms with Crippen LogP contribution in [0.15, 0.2) is 0 Å². The Morgan fingerprint density at radius 3 is 2.55 bits per heavy atom. The molecule has 0 aliphatic carbocycles. The highest BCUT2D eigenvalue weighted by Gasteiger charge is 2.33. The molecule has 1 aromatic rings. The highest BCUT2D eigenvalue weighted by atomic mass is 127. The van der Waals surface area contributed by atoms with E-state index in [1.807, 2.05) is 22.6 Å². The molecular weight excluding hydrogens is 403 g/mol. The molecule has 1 aromatic heterocycles. The second kappa shape index (κ2) is 7.91. The Bertz CT molecular complexity index is 552. The normalized spacial score (nSPS) is 18.0. The van der Waals surface area contributed by atoms with Gasteiger partial charge >= 0.3 is 11.9 Å². The third kappa shape index (κ3) is 3.60. The Labute approximate surface area is 142 Å². The van der Waals surface area contributed by atoms with Gasteiger partial charge in [-0.2, -0.15) is 5.10 Å². The smallest absolute Gasteiger partial charge is 0.357 e. The largest absolute Gasteiger partial charge is 0.462 e. The van der Waals surface area contributed by atoms with Gasteiger partial charge < -0.3 is 14.2 Å². The van der Waals surface area contributed by atoms with Crippen LogP contribution in [0, 0.1) is 3.70 Å². The minimum Gasteiger partial charge on any atom is -0.462 e. The van der Waals surface area contributed by atoms with Crippen molar-refractivity contribution in [3.8, 4) is 0 Å². The summed E-state index contributed by atoms with van der Waals surface area (Å²) in [6, 6.07) is 0. The Balaban J connectivity index is 2.45. The monoisotopic (exact) mass is 422 g/mol. The van der Waals surface area contributed by atoms with Crippen LogP contribution >= 0.6 is 22.6 Å². The van der Waals surface area contributed by atoms with Gasteiger partial charge in [0.05, 0.1) is 13.2 Å². The molecule has 0 N–H and O–H groups in total. The van der Waals surface area contributed by atoms with Crippen LogP contribution in [0.5, 0.6) is 0 Å².